The normalized spacial score (nSPS) is 24.3. The number of alkyl halides is 3. The summed E-state index contributed by atoms with van der Waals surface area (Å²) in [6, 6.07) is 7.32. The first kappa shape index (κ1) is 11.8. The molecule has 0 aromatic heterocycles. The molecule has 3 nitrogen and oxygen atoms in total. The topological polar surface area (TPSA) is 38.3 Å². The quantitative estimate of drug-likeness (QED) is 0.870. The molecule has 1 amide bonds. The monoisotopic (exact) mass is 245 g/mol. The number of cyclic esters (lactones) is 1. The third-order valence-corrected chi connectivity index (χ3v) is 2.48. The zero-order valence-electron chi connectivity index (χ0n) is 8.70. The molecule has 92 valence electrons. The molecule has 0 bridgehead atoms. The lowest BCUT2D eigenvalue weighted by Crippen LogP contribution is -2.32. The summed E-state index contributed by atoms with van der Waals surface area (Å²) in [6.07, 6.45) is -7.13. The second-order valence-electron chi connectivity index (χ2n) is 3.81. The second kappa shape index (κ2) is 4.27. The zero-order chi connectivity index (χ0) is 12.5. The summed E-state index contributed by atoms with van der Waals surface area (Å²) in [5.74, 6) is 0. The van der Waals surface area contributed by atoms with Gasteiger partial charge in [0.2, 0.25) is 0 Å². The van der Waals surface area contributed by atoms with Crippen LogP contribution in [0.1, 0.15) is 18.1 Å². The van der Waals surface area contributed by atoms with E-state index in [2.05, 4.69) is 5.32 Å². The summed E-state index contributed by atoms with van der Waals surface area (Å²) in [5.41, 5.74) is 0.556. The molecule has 1 saturated heterocycles. The van der Waals surface area contributed by atoms with Crippen molar-refractivity contribution in [2.75, 3.05) is 0 Å². The van der Waals surface area contributed by atoms with Crippen LogP contribution in [0.5, 0.6) is 0 Å². The lowest BCUT2D eigenvalue weighted by atomic mass is 10.0. The fourth-order valence-corrected chi connectivity index (χ4v) is 1.81. The number of ether oxygens (including phenoxy) is 1. The van der Waals surface area contributed by atoms with Gasteiger partial charge in [0.15, 0.2) is 0 Å². The number of rotatable bonds is 2. The zero-order valence-corrected chi connectivity index (χ0v) is 8.70. The van der Waals surface area contributed by atoms with E-state index in [1.165, 1.54) is 0 Å². The SMILES string of the molecule is O=C1N[C@H](CC(F)(F)F)[C@H](c2ccccc2)O1. The van der Waals surface area contributed by atoms with Gasteiger partial charge in [-0.15, -0.1) is 0 Å². The summed E-state index contributed by atoms with van der Waals surface area (Å²) in [4.78, 5) is 11.0. The van der Waals surface area contributed by atoms with Gasteiger partial charge in [0.25, 0.3) is 0 Å². The Balaban J connectivity index is 2.17. The first-order chi connectivity index (χ1) is 7.96. The highest BCUT2D eigenvalue weighted by atomic mass is 19.4. The number of carbonyl (C=O) groups excluding carboxylic acids is 1. The molecule has 2 atom stereocenters. The number of alkyl carbamates (subject to hydrolysis) is 1. The standard InChI is InChI=1S/C11H10F3NO2/c12-11(13,14)6-8-9(17-10(16)15-8)7-4-2-1-3-5-7/h1-5,8-9H,6H2,(H,15,16)/t8-,9+/m1/s1. The molecule has 1 heterocycles. The number of halogens is 3. The Labute approximate surface area is 95.6 Å². The van der Waals surface area contributed by atoms with Crippen LogP contribution in [0.3, 0.4) is 0 Å². The van der Waals surface area contributed by atoms with Gasteiger partial charge in [0, 0.05) is 0 Å². The summed E-state index contributed by atoms with van der Waals surface area (Å²) >= 11 is 0. The van der Waals surface area contributed by atoms with E-state index < -0.39 is 30.8 Å². The average molecular weight is 245 g/mol. The van der Waals surface area contributed by atoms with Gasteiger partial charge in [-0.3, -0.25) is 0 Å². The molecule has 1 aromatic carbocycles. The Bertz CT molecular complexity index is 405. The van der Waals surface area contributed by atoms with Crippen LogP contribution in [0.2, 0.25) is 0 Å². The number of benzene rings is 1. The van der Waals surface area contributed by atoms with Crippen LogP contribution < -0.4 is 5.32 Å². The fourth-order valence-electron chi connectivity index (χ4n) is 1.81. The molecule has 0 unspecified atom stereocenters. The van der Waals surface area contributed by atoms with Gasteiger partial charge in [-0.1, -0.05) is 30.3 Å². The first-order valence-corrected chi connectivity index (χ1v) is 5.04. The number of amides is 1. The third-order valence-electron chi connectivity index (χ3n) is 2.48. The van der Waals surface area contributed by atoms with Crippen LogP contribution in [0.15, 0.2) is 30.3 Å². The van der Waals surface area contributed by atoms with E-state index in [9.17, 15) is 18.0 Å². The minimum atomic E-state index is -4.33. The van der Waals surface area contributed by atoms with Gasteiger partial charge in [0.05, 0.1) is 12.5 Å². The number of hydrogen-bond acceptors (Lipinski definition) is 2. The highest BCUT2D eigenvalue weighted by Gasteiger charge is 2.42. The Morgan fingerprint density at radius 2 is 1.88 bits per heavy atom. The van der Waals surface area contributed by atoms with E-state index in [0.717, 1.165) is 0 Å². The summed E-state index contributed by atoms with van der Waals surface area (Å²) in [7, 11) is 0. The van der Waals surface area contributed by atoms with Gasteiger partial charge < -0.3 is 10.1 Å². The summed E-state index contributed by atoms with van der Waals surface area (Å²) < 4.78 is 41.8. The molecule has 1 aliphatic rings. The average Bonchev–Trinajstić information content (AvgIpc) is 2.58. The third kappa shape index (κ3) is 2.89. The maximum Gasteiger partial charge on any atom is 0.408 e. The van der Waals surface area contributed by atoms with Crippen molar-refractivity contribution in [2.24, 2.45) is 0 Å². The molecule has 1 N–H and O–H groups in total. The molecule has 0 radical (unpaired) electrons. The van der Waals surface area contributed by atoms with E-state index in [4.69, 9.17) is 4.74 Å². The van der Waals surface area contributed by atoms with Gasteiger partial charge in [-0.25, -0.2) is 4.79 Å². The molecule has 2 rings (SSSR count). The molecular weight excluding hydrogens is 235 g/mol. The lowest BCUT2D eigenvalue weighted by Gasteiger charge is -2.18. The van der Waals surface area contributed by atoms with Crippen molar-refractivity contribution in [3.8, 4) is 0 Å². The van der Waals surface area contributed by atoms with Crippen molar-refractivity contribution in [2.45, 2.75) is 24.7 Å². The van der Waals surface area contributed by atoms with Crippen LogP contribution >= 0.6 is 0 Å². The van der Waals surface area contributed by atoms with Crippen molar-refractivity contribution in [1.29, 1.82) is 0 Å². The summed E-state index contributed by atoms with van der Waals surface area (Å²) in [5, 5.41) is 2.18. The fraction of sp³-hybridized carbons (Fsp3) is 0.364. The maximum atomic E-state index is 12.3. The van der Waals surface area contributed by atoms with Gasteiger partial charge >= 0.3 is 12.3 Å². The van der Waals surface area contributed by atoms with Crippen molar-refractivity contribution in [3.05, 3.63) is 35.9 Å². The van der Waals surface area contributed by atoms with Gasteiger partial charge in [0.1, 0.15) is 6.10 Å². The molecule has 1 fully saturated rings. The Morgan fingerprint density at radius 1 is 1.24 bits per heavy atom. The predicted molar refractivity (Wildman–Crippen MR) is 53.3 cm³/mol. The van der Waals surface area contributed by atoms with E-state index >= 15 is 0 Å². The van der Waals surface area contributed by atoms with E-state index in [1.54, 1.807) is 30.3 Å². The van der Waals surface area contributed by atoms with Crippen LogP contribution in [-0.2, 0) is 4.74 Å². The highest BCUT2D eigenvalue weighted by molar-refractivity contribution is 5.70. The van der Waals surface area contributed by atoms with Crippen LogP contribution in [0.4, 0.5) is 18.0 Å². The molecule has 1 aromatic rings. The van der Waals surface area contributed by atoms with Crippen LogP contribution in [0, 0.1) is 0 Å². The Hall–Kier alpha value is -1.72. The number of carbonyl (C=O) groups is 1. The first-order valence-electron chi connectivity index (χ1n) is 5.04. The molecule has 17 heavy (non-hydrogen) atoms. The van der Waals surface area contributed by atoms with E-state index in [0.29, 0.717) is 5.56 Å². The van der Waals surface area contributed by atoms with E-state index in [-0.39, 0.29) is 0 Å². The van der Waals surface area contributed by atoms with Crippen molar-refractivity contribution in [1.82, 2.24) is 5.32 Å². The van der Waals surface area contributed by atoms with Crippen molar-refractivity contribution < 1.29 is 22.7 Å². The van der Waals surface area contributed by atoms with Crippen LogP contribution in [0.25, 0.3) is 0 Å². The molecule has 1 aliphatic heterocycles. The number of nitrogens with one attached hydrogen (secondary N) is 1. The summed E-state index contributed by atoms with van der Waals surface area (Å²) in [6.45, 7) is 0. The minimum Gasteiger partial charge on any atom is -0.439 e. The maximum absolute atomic E-state index is 12.3. The smallest absolute Gasteiger partial charge is 0.408 e. The van der Waals surface area contributed by atoms with Crippen molar-refractivity contribution in [3.63, 3.8) is 0 Å². The van der Waals surface area contributed by atoms with Crippen molar-refractivity contribution >= 4 is 6.09 Å². The Kier molecular flexibility index (Phi) is 2.95. The Morgan fingerprint density at radius 3 is 2.47 bits per heavy atom. The second-order valence-corrected chi connectivity index (χ2v) is 3.81. The largest absolute Gasteiger partial charge is 0.439 e. The lowest BCUT2D eigenvalue weighted by molar-refractivity contribution is -0.142. The minimum absolute atomic E-state index is 0.556. The molecular formula is C11H10F3NO2. The van der Waals surface area contributed by atoms with Gasteiger partial charge in [-0.05, 0) is 5.56 Å². The molecule has 0 spiro atoms. The number of hydrogen-bond donors (Lipinski definition) is 1. The van der Waals surface area contributed by atoms with Gasteiger partial charge in [-0.2, -0.15) is 13.2 Å². The predicted octanol–water partition coefficient (Wildman–Crippen LogP) is 2.79. The highest BCUT2D eigenvalue weighted by Crippen LogP contribution is 2.33. The molecule has 0 saturated carbocycles. The van der Waals surface area contributed by atoms with Crippen LogP contribution in [-0.4, -0.2) is 18.3 Å². The molecule has 0 aliphatic carbocycles. The molecule has 6 heteroatoms. The van der Waals surface area contributed by atoms with E-state index in [1.807, 2.05) is 0 Å².